The van der Waals surface area contributed by atoms with Gasteiger partial charge in [-0.25, -0.2) is 0 Å². The van der Waals surface area contributed by atoms with Gasteiger partial charge < -0.3 is 10.6 Å². The van der Waals surface area contributed by atoms with Crippen LogP contribution in [0, 0.1) is 20.2 Å². The van der Waals surface area contributed by atoms with E-state index in [1.54, 1.807) is 0 Å². The highest BCUT2D eigenvalue weighted by Gasteiger charge is 2.15. The number of thiophene rings is 1. The second kappa shape index (κ2) is 8.27. The van der Waals surface area contributed by atoms with Gasteiger partial charge in [-0.3, -0.25) is 29.8 Å². The molecule has 10 nitrogen and oxygen atoms in total. The minimum Gasteiger partial charge on any atom is -0.321 e. The lowest BCUT2D eigenvalue weighted by Crippen LogP contribution is -2.11. The first-order chi connectivity index (χ1) is 13.8. The number of carbonyl (C=O) groups is 2. The van der Waals surface area contributed by atoms with E-state index < -0.39 is 21.7 Å². The zero-order chi connectivity index (χ0) is 21.0. The van der Waals surface area contributed by atoms with Crippen LogP contribution in [0.3, 0.4) is 0 Å². The van der Waals surface area contributed by atoms with E-state index in [0.717, 1.165) is 11.3 Å². The van der Waals surface area contributed by atoms with Crippen molar-refractivity contribution in [1.82, 2.24) is 0 Å². The van der Waals surface area contributed by atoms with Crippen molar-refractivity contribution in [3.63, 3.8) is 0 Å². The topological polar surface area (TPSA) is 144 Å². The number of carbonyl (C=O) groups excluding carboxylic acids is 2. The fourth-order valence-electron chi connectivity index (χ4n) is 2.30. The molecule has 146 valence electrons. The number of nitro groups is 2. The van der Waals surface area contributed by atoms with Gasteiger partial charge in [-0.1, -0.05) is 0 Å². The molecular weight excluding hydrogens is 400 g/mol. The summed E-state index contributed by atoms with van der Waals surface area (Å²) in [6.45, 7) is 0. The van der Waals surface area contributed by atoms with E-state index in [0.29, 0.717) is 11.4 Å². The lowest BCUT2D eigenvalue weighted by atomic mass is 10.2. The summed E-state index contributed by atoms with van der Waals surface area (Å²) < 4.78 is 0. The molecule has 2 aromatic carbocycles. The van der Waals surface area contributed by atoms with E-state index in [-0.39, 0.29) is 21.1 Å². The molecular formula is C18H12N4O6S. The van der Waals surface area contributed by atoms with Crippen molar-refractivity contribution in [2.75, 3.05) is 10.6 Å². The molecule has 0 fully saturated rings. The maximum absolute atomic E-state index is 12.3. The summed E-state index contributed by atoms with van der Waals surface area (Å²) >= 11 is 0.963. The number of nitro benzene ring substituents is 2. The maximum atomic E-state index is 12.3. The van der Waals surface area contributed by atoms with Gasteiger partial charge in [-0.2, -0.15) is 0 Å². The molecule has 0 aliphatic heterocycles. The van der Waals surface area contributed by atoms with Crippen LogP contribution in [0.1, 0.15) is 19.3 Å². The molecule has 1 heterocycles. The Morgan fingerprint density at radius 1 is 0.655 bits per heavy atom. The molecule has 3 aromatic rings. The monoisotopic (exact) mass is 412 g/mol. The van der Waals surface area contributed by atoms with Gasteiger partial charge in [0.15, 0.2) is 0 Å². The van der Waals surface area contributed by atoms with Crippen LogP contribution in [-0.4, -0.2) is 21.7 Å². The van der Waals surface area contributed by atoms with Crippen molar-refractivity contribution in [2.45, 2.75) is 0 Å². The normalized spacial score (nSPS) is 10.2. The summed E-state index contributed by atoms with van der Waals surface area (Å²) in [5, 5.41) is 26.5. The maximum Gasteiger partial charge on any atom is 0.269 e. The Balaban J connectivity index is 1.64. The highest BCUT2D eigenvalue weighted by atomic mass is 32.1. The second-order valence-electron chi connectivity index (χ2n) is 5.68. The molecule has 0 spiro atoms. The number of non-ortho nitro benzene ring substituents is 2. The van der Waals surface area contributed by atoms with Crippen LogP contribution in [0.25, 0.3) is 0 Å². The lowest BCUT2D eigenvalue weighted by Gasteiger charge is -2.04. The Labute approximate surface area is 167 Å². The summed E-state index contributed by atoms with van der Waals surface area (Å²) in [6, 6.07) is 13.7. The third kappa shape index (κ3) is 4.78. The fourth-order valence-corrected chi connectivity index (χ4v) is 3.10. The molecule has 29 heavy (non-hydrogen) atoms. The molecule has 2 amide bonds. The molecule has 0 saturated carbocycles. The van der Waals surface area contributed by atoms with Crippen molar-refractivity contribution < 1.29 is 19.4 Å². The summed E-state index contributed by atoms with van der Waals surface area (Å²) in [4.78, 5) is 45.4. The largest absolute Gasteiger partial charge is 0.321 e. The summed E-state index contributed by atoms with van der Waals surface area (Å²) in [5.41, 5.74) is 0.574. The van der Waals surface area contributed by atoms with Crippen LogP contribution in [0.4, 0.5) is 22.7 Å². The van der Waals surface area contributed by atoms with Gasteiger partial charge in [0.1, 0.15) is 0 Å². The number of nitrogens with one attached hydrogen (secondary N) is 2. The predicted octanol–water partition coefficient (Wildman–Crippen LogP) is 4.07. The van der Waals surface area contributed by atoms with Crippen LogP contribution in [0.5, 0.6) is 0 Å². The second-order valence-corrected chi connectivity index (χ2v) is 6.76. The quantitative estimate of drug-likeness (QED) is 0.461. The first kappa shape index (κ1) is 19.6. The van der Waals surface area contributed by atoms with Gasteiger partial charge in [0.2, 0.25) is 0 Å². The predicted molar refractivity (Wildman–Crippen MR) is 106 cm³/mol. The molecule has 0 saturated heterocycles. The van der Waals surface area contributed by atoms with Crippen LogP contribution in [0.2, 0.25) is 0 Å². The van der Waals surface area contributed by atoms with Crippen molar-refractivity contribution in [3.05, 3.63) is 90.6 Å². The van der Waals surface area contributed by atoms with Crippen molar-refractivity contribution in [2.24, 2.45) is 0 Å². The molecule has 0 atom stereocenters. The Bertz CT molecular complexity index is 1010. The number of hydrogen-bond donors (Lipinski definition) is 2. The molecule has 0 aliphatic rings. The number of benzene rings is 2. The van der Waals surface area contributed by atoms with E-state index in [1.165, 1.54) is 60.7 Å². The van der Waals surface area contributed by atoms with Gasteiger partial charge in [0.25, 0.3) is 23.2 Å². The SMILES string of the molecule is O=C(Nc1ccc([N+](=O)[O-])cc1)c1ccc(C(=O)Nc2ccc([N+](=O)[O-])cc2)s1. The number of hydrogen-bond acceptors (Lipinski definition) is 7. The summed E-state index contributed by atoms with van der Waals surface area (Å²) in [7, 11) is 0. The Kier molecular flexibility index (Phi) is 5.60. The number of nitrogens with zero attached hydrogens (tertiary/aromatic N) is 2. The van der Waals surface area contributed by atoms with Gasteiger partial charge in [-0.05, 0) is 36.4 Å². The third-order valence-corrected chi connectivity index (χ3v) is 4.81. The fraction of sp³-hybridized carbons (Fsp3) is 0. The van der Waals surface area contributed by atoms with Gasteiger partial charge in [-0.15, -0.1) is 11.3 Å². The van der Waals surface area contributed by atoms with Crippen LogP contribution in [-0.2, 0) is 0 Å². The first-order valence-electron chi connectivity index (χ1n) is 8.05. The molecule has 0 bridgehead atoms. The minimum atomic E-state index is -0.541. The molecule has 2 N–H and O–H groups in total. The summed E-state index contributed by atoms with van der Waals surface area (Å²) in [5.74, 6) is -0.920. The van der Waals surface area contributed by atoms with Crippen molar-refractivity contribution >= 4 is 45.9 Å². The van der Waals surface area contributed by atoms with E-state index in [4.69, 9.17) is 0 Å². The van der Waals surface area contributed by atoms with Gasteiger partial charge >= 0.3 is 0 Å². The molecule has 0 aliphatic carbocycles. The average molecular weight is 412 g/mol. The van der Waals surface area contributed by atoms with E-state index in [2.05, 4.69) is 10.6 Å². The average Bonchev–Trinajstić information content (AvgIpc) is 3.19. The van der Waals surface area contributed by atoms with Crippen molar-refractivity contribution in [3.8, 4) is 0 Å². The van der Waals surface area contributed by atoms with Crippen LogP contribution < -0.4 is 10.6 Å². The lowest BCUT2D eigenvalue weighted by molar-refractivity contribution is -0.385. The zero-order valence-electron chi connectivity index (χ0n) is 14.5. The van der Waals surface area contributed by atoms with E-state index >= 15 is 0 Å². The molecule has 11 heteroatoms. The highest BCUT2D eigenvalue weighted by Crippen LogP contribution is 2.22. The van der Waals surface area contributed by atoms with Gasteiger partial charge in [0.05, 0.1) is 19.6 Å². The summed E-state index contributed by atoms with van der Waals surface area (Å²) in [6.07, 6.45) is 0. The Morgan fingerprint density at radius 3 is 1.31 bits per heavy atom. The number of anilines is 2. The van der Waals surface area contributed by atoms with Crippen LogP contribution >= 0.6 is 11.3 Å². The highest BCUT2D eigenvalue weighted by molar-refractivity contribution is 7.16. The van der Waals surface area contributed by atoms with Crippen LogP contribution in [0.15, 0.2) is 60.7 Å². The van der Waals surface area contributed by atoms with E-state index in [1.807, 2.05) is 0 Å². The molecule has 3 rings (SSSR count). The minimum absolute atomic E-state index is 0.0932. The molecule has 0 radical (unpaired) electrons. The Morgan fingerprint density at radius 2 is 1.00 bits per heavy atom. The zero-order valence-corrected chi connectivity index (χ0v) is 15.3. The molecule has 1 aromatic heterocycles. The molecule has 0 unspecified atom stereocenters. The Hall–Kier alpha value is -4.12. The van der Waals surface area contributed by atoms with Crippen molar-refractivity contribution in [1.29, 1.82) is 0 Å². The third-order valence-electron chi connectivity index (χ3n) is 3.73. The standard InChI is InChI=1S/C18H12N4O6S/c23-17(19-11-1-5-13(6-2-11)21(25)26)15-9-10-16(29-15)18(24)20-12-3-7-14(8-4-12)22(27)28/h1-10H,(H,19,23)(H,20,24). The van der Waals surface area contributed by atoms with Gasteiger partial charge in [0, 0.05) is 35.6 Å². The number of amides is 2. The van der Waals surface area contributed by atoms with E-state index in [9.17, 15) is 29.8 Å². The first-order valence-corrected chi connectivity index (χ1v) is 8.86. The smallest absolute Gasteiger partial charge is 0.269 e. The number of rotatable bonds is 6.